The first-order valence-corrected chi connectivity index (χ1v) is 10.1. The molecule has 0 aliphatic carbocycles. The van der Waals surface area contributed by atoms with Crippen molar-refractivity contribution in [3.05, 3.63) is 0 Å². The minimum Gasteiger partial charge on any atom is -0.396 e. The van der Waals surface area contributed by atoms with Gasteiger partial charge < -0.3 is 52.0 Å². The third-order valence-corrected chi connectivity index (χ3v) is 4.31. The van der Waals surface area contributed by atoms with Crippen molar-refractivity contribution in [3.63, 3.8) is 0 Å². The Morgan fingerprint density at radius 3 is 1.77 bits per heavy atom. The number of rotatable bonds is 19. The molecule has 0 aliphatic rings. The van der Waals surface area contributed by atoms with Crippen molar-refractivity contribution in [2.75, 3.05) is 59.4 Å². The van der Waals surface area contributed by atoms with E-state index in [0.29, 0.717) is 25.8 Å². The highest BCUT2D eigenvalue weighted by atomic mass is 16.5. The summed E-state index contributed by atoms with van der Waals surface area (Å²) in [4.78, 5) is 22.9. The molecule has 0 radical (unpaired) electrons. The zero-order chi connectivity index (χ0) is 22.8. The molecule has 0 aromatic carbocycles. The summed E-state index contributed by atoms with van der Waals surface area (Å²) in [6.07, 6.45) is 1.69. The van der Waals surface area contributed by atoms with Crippen molar-refractivity contribution in [1.29, 1.82) is 0 Å². The number of nitrogens with two attached hydrogens (primary N) is 2. The Morgan fingerprint density at radius 2 is 1.33 bits per heavy atom. The number of hydrogen-bond donors (Lipinski definition) is 8. The highest BCUT2D eigenvalue weighted by Gasteiger charge is 2.16. The van der Waals surface area contributed by atoms with Crippen LogP contribution in [0.1, 0.15) is 19.3 Å². The first-order valence-electron chi connectivity index (χ1n) is 10.1. The van der Waals surface area contributed by atoms with Crippen LogP contribution in [0.25, 0.3) is 0 Å². The second-order valence-electron chi connectivity index (χ2n) is 7.14. The molecule has 0 spiro atoms. The summed E-state index contributed by atoms with van der Waals surface area (Å²) in [5.41, 5.74) is 10.6. The van der Waals surface area contributed by atoms with Crippen LogP contribution in [0, 0.1) is 11.8 Å². The Hall–Kier alpha value is -1.54. The standard InChI is InChI=1S/C18H38N4O8/c19-16(17(20)27)3-1-2-4-21-18(28)22-15(11-29-9-13(5-23)6-24)12-30-10-14(7-25)8-26/h13-16,23-26H,1-12,19H2,(H2,20,27)(H2,21,22,28)/t16-/m1/s1. The van der Waals surface area contributed by atoms with Crippen molar-refractivity contribution in [2.45, 2.75) is 31.3 Å². The Bertz CT molecular complexity index is 432. The lowest BCUT2D eigenvalue weighted by Crippen LogP contribution is -2.47. The maximum atomic E-state index is 12.1. The Kier molecular flexibility index (Phi) is 17.3. The van der Waals surface area contributed by atoms with Crippen LogP contribution < -0.4 is 22.1 Å². The molecule has 12 heteroatoms. The third-order valence-electron chi connectivity index (χ3n) is 4.31. The monoisotopic (exact) mass is 438 g/mol. The molecule has 12 nitrogen and oxygen atoms in total. The van der Waals surface area contributed by atoms with Crippen LogP contribution in [0.2, 0.25) is 0 Å². The molecule has 0 saturated heterocycles. The summed E-state index contributed by atoms with van der Waals surface area (Å²) in [6.45, 7) is -0.120. The molecule has 0 fully saturated rings. The lowest BCUT2D eigenvalue weighted by atomic mass is 10.1. The summed E-state index contributed by atoms with van der Waals surface area (Å²) >= 11 is 0. The Labute approximate surface area is 176 Å². The Balaban J connectivity index is 4.33. The van der Waals surface area contributed by atoms with Gasteiger partial charge in [-0.3, -0.25) is 4.79 Å². The molecule has 30 heavy (non-hydrogen) atoms. The number of ether oxygens (including phenoxy) is 2. The second kappa shape index (κ2) is 18.2. The SMILES string of the molecule is NC(=O)[C@H](N)CCCCNC(=O)NC(COCC(CO)CO)COCC(CO)CO. The first-order chi connectivity index (χ1) is 14.4. The maximum absolute atomic E-state index is 12.1. The van der Waals surface area contributed by atoms with E-state index in [9.17, 15) is 9.59 Å². The molecule has 1 atom stereocenters. The largest absolute Gasteiger partial charge is 0.396 e. The van der Waals surface area contributed by atoms with Crippen molar-refractivity contribution in [1.82, 2.24) is 10.6 Å². The molecule has 10 N–H and O–H groups in total. The summed E-state index contributed by atoms with van der Waals surface area (Å²) in [5, 5.41) is 41.7. The molecule has 0 saturated carbocycles. The number of carbonyl (C=O) groups is 2. The lowest BCUT2D eigenvalue weighted by molar-refractivity contribution is -0.119. The fourth-order valence-corrected chi connectivity index (χ4v) is 2.28. The van der Waals surface area contributed by atoms with Gasteiger partial charge in [-0.25, -0.2) is 4.79 Å². The first kappa shape index (κ1) is 28.5. The predicted octanol–water partition coefficient (Wildman–Crippen LogP) is -3.13. The summed E-state index contributed by atoms with van der Waals surface area (Å²) in [7, 11) is 0. The Morgan fingerprint density at radius 1 is 0.833 bits per heavy atom. The van der Waals surface area contributed by atoms with Gasteiger partial charge in [0.2, 0.25) is 5.91 Å². The lowest BCUT2D eigenvalue weighted by Gasteiger charge is -2.21. The topological polar surface area (TPSA) is 210 Å². The molecule has 0 rings (SSSR count). The minimum absolute atomic E-state index is 0.0836. The summed E-state index contributed by atoms with van der Waals surface area (Å²) in [5.74, 6) is -1.39. The highest BCUT2D eigenvalue weighted by molar-refractivity contribution is 5.79. The van der Waals surface area contributed by atoms with E-state index in [1.807, 2.05) is 0 Å². The number of hydrogen-bond acceptors (Lipinski definition) is 9. The molecule has 0 heterocycles. The van der Waals surface area contributed by atoms with Gasteiger partial charge in [0.1, 0.15) is 0 Å². The second-order valence-corrected chi connectivity index (χ2v) is 7.14. The van der Waals surface area contributed by atoms with E-state index in [-0.39, 0.29) is 52.9 Å². The van der Waals surface area contributed by atoms with Crippen molar-refractivity contribution in [2.24, 2.45) is 23.3 Å². The normalized spacial score (nSPS) is 12.5. The quantitative estimate of drug-likeness (QED) is 0.0957. The number of carbonyl (C=O) groups excluding carboxylic acids is 2. The van der Waals surface area contributed by atoms with Crippen LogP contribution in [0.3, 0.4) is 0 Å². The van der Waals surface area contributed by atoms with Gasteiger partial charge in [0, 0.05) is 18.4 Å². The van der Waals surface area contributed by atoms with Crippen molar-refractivity contribution < 1.29 is 39.5 Å². The van der Waals surface area contributed by atoms with Gasteiger partial charge in [-0.15, -0.1) is 0 Å². The van der Waals surface area contributed by atoms with E-state index in [4.69, 9.17) is 41.4 Å². The number of nitrogens with one attached hydrogen (secondary N) is 2. The average Bonchev–Trinajstić information content (AvgIpc) is 2.73. The van der Waals surface area contributed by atoms with E-state index in [0.717, 1.165) is 0 Å². The number of aliphatic hydroxyl groups is 4. The van der Waals surface area contributed by atoms with Crippen LogP contribution in [-0.4, -0.2) is 104 Å². The van der Waals surface area contributed by atoms with Crippen LogP contribution >= 0.6 is 0 Å². The minimum atomic E-state index is -0.694. The van der Waals surface area contributed by atoms with Crippen LogP contribution in [-0.2, 0) is 14.3 Å². The fraction of sp³-hybridized carbons (Fsp3) is 0.889. The molecular weight excluding hydrogens is 400 g/mol. The molecule has 3 amide bonds. The molecule has 0 unspecified atom stereocenters. The van der Waals surface area contributed by atoms with Crippen molar-refractivity contribution in [3.8, 4) is 0 Å². The van der Waals surface area contributed by atoms with Gasteiger partial charge in [-0.05, 0) is 19.3 Å². The van der Waals surface area contributed by atoms with E-state index < -0.39 is 35.9 Å². The van der Waals surface area contributed by atoms with Gasteiger partial charge in [-0.2, -0.15) is 0 Å². The predicted molar refractivity (Wildman–Crippen MR) is 108 cm³/mol. The van der Waals surface area contributed by atoms with E-state index >= 15 is 0 Å². The van der Waals surface area contributed by atoms with Crippen LogP contribution in [0.15, 0.2) is 0 Å². The van der Waals surface area contributed by atoms with Gasteiger partial charge in [0.25, 0.3) is 0 Å². The van der Waals surface area contributed by atoms with E-state index in [2.05, 4.69) is 10.6 Å². The fourth-order valence-electron chi connectivity index (χ4n) is 2.28. The molecule has 0 bridgehead atoms. The number of amides is 3. The van der Waals surface area contributed by atoms with Crippen LogP contribution in [0.5, 0.6) is 0 Å². The smallest absolute Gasteiger partial charge is 0.315 e. The molecule has 0 aromatic heterocycles. The number of aliphatic hydroxyl groups excluding tert-OH is 4. The van der Waals surface area contributed by atoms with Gasteiger partial charge in [0.15, 0.2) is 0 Å². The zero-order valence-electron chi connectivity index (χ0n) is 17.4. The molecular formula is C18H38N4O8. The summed E-state index contributed by atoms with van der Waals surface area (Å²) in [6, 6.07) is -1.65. The van der Waals surface area contributed by atoms with Crippen molar-refractivity contribution >= 4 is 11.9 Å². The van der Waals surface area contributed by atoms with Gasteiger partial charge in [0.05, 0.1) is 64.9 Å². The van der Waals surface area contributed by atoms with Gasteiger partial charge in [-0.1, -0.05) is 0 Å². The number of primary amides is 1. The third kappa shape index (κ3) is 14.4. The molecule has 0 aliphatic heterocycles. The summed E-state index contributed by atoms with van der Waals surface area (Å²) < 4.78 is 10.9. The number of unbranched alkanes of at least 4 members (excludes halogenated alkanes) is 1. The average molecular weight is 439 g/mol. The van der Waals surface area contributed by atoms with Crippen LogP contribution in [0.4, 0.5) is 4.79 Å². The molecule has 0 aromatic rings. The zero-order valence-corrected chi connectivity index (χ0v) is 17.4. The highest BCUT2D eigenvalue weighted by Crippen LogP contribution is 2.00. The molecule has 178 valence electrons. The van der Waals surface area contributed by atoms with E-state index in [1.165, 1.54) is 0 Å². The van der Waals surface area contributed by atoms with Gasteiger partial charge >= 0.3 is 6.03 Å². The number of urea groups is 1. The van der Waals surface area contributed by atoms with E-state index in [1.54, 1.807) is 0 Å². The maximum Gasteiger partial charge on any atom is 0.315 e.